The van der Waals surface area contributed by atoms with Crippen LogP contribution in [0, 0.1) is 13.8 Å². The van der Waals surface area contributed by atoms with E-state index in [0.717, 1.165) is 11.1 Å². The van der Waals surface area contributed by atoms with Crippen molar-refractivity contribution in [3.63, 3.8) is 0 Å². The average Bonchev–Trinajstić information content (AvgIpc) is 2.68. The van der Waals surface area contributed by atoms with Crippen molar-refractivity contribution in [2.24, 2.45) is 0 Å². The quantitative estimate of drug-likeness (QED) is 0.738. The molecule has 0 saturated heterocycles. The van der Waals surface area contributed by atoms with Crippen molar-refractivity contribution >= 4 is 16.0 Å². The van der Waals surface area contributed by atoms with E-state index in [-0.39, 0.29) is 17.0 Å². The van der Waals surface area contributed by atoms with Gasteiger partial charge in [0.1, 0.15) is 0 Å². The van der Waals surface area contributed by atoms with Crippen LogP contribution in [0.15, 0.2) is 77.2 Å². The fourth-order valence-corrected chi connectivity index (χ4v) is 4.84. The van der Waals surface area contributed by atoms with E-state index >= 15 is 0 Å². The molecule has 2 aromatic carbocycles. The van der Waals surface area contributed by atoms with Gasteiger partial charge in [-0.25, -0.2) is 13.2 Å². The third-order valence-electron chi connectivity index (χ3n) is 4.74. The molecule has 0 saturated carbocycles. The number of benzene rings is 2. The van der Waals surface area contributed by atoms with Crippen molar-refractivity contribution in [2.75, 3.05) is 13.7 Å². The van der Waals surface area contributed by atoms with Gasteiger partial charge in [-0.3, -0.25) is 0 Å². The number of aryl methyl sites for hydroxylation is 2. The van der Waals surface area contributed by atoms with Gasteiger partial charge in [0.15, 0.2) is 0 Å². The minimum absolute atomic E-state index is 0.0925. The van der Waals surface area contributed by atoms with Crippen LogP contribution in [0.2, 0.25) is 0 Å². The highest BCUT2D eigenvalue weighted by molar-refractivity contribution is 7.89. The summed E-state index contributed by atoms with van der Waals surface area (Å²) in [7, 11) is -2.59. The Hall–Kier alpha value is -2.70. The van der Waals surface area contributed by atoms with Crippen LogP contribution >= 0.6 is 0 Å². The summed E-state index contributed by atoms with van der Waals surface area (Å²) >= 11 is 0. The molecule has 0 bridgehead atoms. The first-order valence-electron chi connectivity index (χ1n) is 8.87. The Morgan fingerprint density at radius 1 is 1.04 bits per heavy atom. The number of esters is 1. The smallest absolute Gasteiger partial charge is 0.335 e. The predicted molar refractivity (Wildman–Crippen MR) is 108 cm³/mol. The Labute approximate surface area is 166 Å². The van der Waals surface area contributed by atoms with Gasteiger partial charge in [0.2, 0.25) is 10.0 Å². The molecule has 3 rings (SSSR count). The number of hydrogen-bond acceptors (Lipinski definition) is 4. The Morgan fingerprint density at radius 3 is 2.11 bits per heavy atom. The molecule has 28 heavy (non-hydrogen) atoms. The van der Waals surface area contributed by atoms with Crippen LogP contribution in [0.25, 0.3) is 0 Å². The number of carbonyl (C=O) groups is 1. The van der Waals surface area contributed by atoms with Gasteiger partial charge in [0.05, 0.1) is 23.6 Å². The van der Waals surface area contributed by atoms with E-state index in [1.807, 2.05) is 38.1 Å². The van der Waals surface area contributed by atoms with Crippen molar-refractivity contribution < 1.29 is 17.9 Å². The van der Waals surface area contributed by atoms with E-state index in [0.29, 0.717) is 11.1 Å². The number of hydrogen-bond donors (Lipinski definition) is 0. The summed E-state index contributed by atoms with van der Waals surface area (Å²) in [5.41, 5.74) is 3.48. The number of nitrogens with zero attached hydrogens (tertiary/aromatic N) is 1. The number of rotatable bonds is 4. The topological polar surface area (TPSA) is 63.7 Å². The summed E-state index contributed by atoms with van der Waals surface area (Å²) in [4.78, 5) is 12.6. The second-order valence-electron chi connectivity index (χ2n) is 6.93. The number of methoxy groups -OCH3 is 1. The van der Waals surface area contributed by atoms with E-state index in [1.165, 1.54) is 11.4 Å². The van der Waals surface area contributed by atoms with E-state index in [2.05, 4.69) is 6.58 Å². The lowest BCUT2D eigenvalue weighted by atomic mass is 9.93. The molecule has 1 unspecified atom stereocenters. The molecule has 146 valence electrons. The van der Waals surface area contributed by atoms with Gasteiger partial charge >= 0.3 is 5.97 Å². The molecule has 1 heterocycles. The number of carbonyl (C=O) groups excluding carboxylic acids is 1. The molecule has 0 amide bonds. The monoisotopic (exact) mass is 397 g/mol. The molecular formula is C22H23NO4S. The van der Waals surface area contributed by atoms with Gasteiger partial charge in [-0.2, -0.15) is 4.31 Å². The zero-order chi connectivity index (χ0) is 20.5. The van der Waals surface area contributed by atoms with Gasteiger partial charge in [-0.15, -0.1) is 0 Å². The van der Waals surface area contributed by atoms with E-state index in [1.54, 1.807) is 30.3 Å². The van der Waals surface area contributed by atoms with Gasteiger partial charge in [-0.1, -0.05) is 54.1 Å². The van der Waals surface area contributed by atoms with E-state index in [9.17, 15) is 13.2 Å². The van der Waals surface area contributed by atoms with Crippen LogP contribution in [0.3, 0.4) is 0 Å². The second-order valence-corrected chi connectivity index (χ2v) is 8.82. The highest BCUT2D eigenvalue weighted by Gasteiger charge is 2.40. The molecular weight excluding hydrogens is 374 g/mol. The molecule has 0 radical (unpaired) electrons. The maximum atomic E-state index is 13.5. The molecule has 0 aliphatic carbocycles. The third-order valence-corrected chi connectivity index (χ3v) is 6.57. The van der Waals surface area contributed by atoms with Gasteiger partial charge in [0, 0.05) is 6.54 Å². The van der Waals surface area contributed by atoms with Crippen LogP contribution < -0.4 is 0 Å². The highest BCUT2D eigenvalue weighted by Crippen LogP contribution is 2.38. The maximum Gasteiger partial charge on any atom is 0.335 e. The summed E-state index contributed by atoms with van der Waals surface area (Å²) in [5, 5.41) is 0. The Kier molecular flexibility index (Phi) is 5.54. The number of ether oxygens (including phenoxy) is 1. The third kappa shape index (κ3) is 3.79. The van der Waals surface area contributed by atoms with E-state index in [4.69, 9.17) is 4.74 Å². The SMILES string of the molecule is C=C1C=C(C(=O)OC)C(c2ccc(C)cc2)N(S(=O)(=O)c2ccc(C)cc2)C1. The normalized spacial score (nSPS) is 17.9. The summed E-state index contributed by atoms with van der Waals surface area (Å²) < 4.78 is 33.2. The molecule has 1 aliphatic rings. The summed E-state index contributed by atoms with van der Waals surface area (Å²) in [6.45, 7) is 7.84. The van der Waals surface area contributed by atoms with Crippen LogP contribution in [0.5, 0.6) is 0 Å². The van der Waals surface area contributed by atoms with Crippen molar-refractivity contribution in [3.05, 3.63) is 89.0 Å². The predicted octanol–water partition coefficient (Wildman–Crippen LogP) is 3.70. The molecule has 6 heteroatoms. The van der Waals surface area contributed by atoms with Crippen LogP contribution in [-0.2, 0) is 19.6 Å². The number of sulfonamides is 1. The van der Waals surface area contributed by atoms with Crippen molar-refractivity contribution in [1.29, 1.82) is 0 Å². The molecule has 1 aliphatic heterocycles. The molecule has 5 nitrogen and oxygen atoms in total. The molecule has 0 N–H and O–H groups in total. The second kappa shape index (κ2) is 7.73. The van der Waals surface area contributed by atoms with E-state index < -0.39 is 22.0 Å². The molecule has 0 aromatic heterocycles. The van der Waals surface area contributed by atoms with Gasteiger partial charge < -0.3 is 4.74 Å². The fraction of sp³-hybridized carbons (Fsp3) is 0.227. The lowest BCUT2D eigenvalue weighted by Gasteiger charge is -2.35. The largest absolute Gasteiger partial charge is 0.466 e. The van der Waals surface area contributed by atoms with Crippen molar-refractivity contribution in [3.8, 4) is 0 Å². The lowest BCUT2D eigenvalue weighted by Crippen LogP contribution is -2.41. The van der Waals surface area contributed by atoms with Crippen molar-refractivity contribution in [2.45, 2.75) is 24.8 Å². The first-order chi connectivity index (χ1) is 13.2. The minimum Gasteiger partial charge on any atom is -0.466 e. The zero-order valence-electron chi connectivity index (χ0n) is 16.2. The minimum atomic E-state index is -3.87. The van der Waals surface area contributed by atoms with Crippen LogP contribution in [-0.4, -0.2) is 32.3 Å². The Morgan fingerprint density at radius 2 is 1.57 bits per heavy atom. The molecule has 0 fully saturated rings. The maximum absolute atomic E-state index is 13.5. The van der Waals surface area contributed by atoms with Crippen LogP contribution in [0.1, 0.15) is 22.7 Å². The Bertz CT molecular complexity index is 1030. The first-order valence-corrected chi connectivity index (χ1v) is 10.3. The van der Waals surface area contributed by atoms with Crippen molar-refractivity contribution in [1.82, 2.24) is 4.31 Å². The highest BCUT2D eigenvalue weighted by atomic mass is 32.2. The molecule has 2 aromatic rings. The van der Waals surface area contributed by atoms with Crippen LogP contribution in [0.4, 0.5) is 0 Å². The Balaban J connectivity index is 2.18. The fourth-order valence-electron chi connectivity index (χ4n) is 3.24. The summed E-state index contributed by atoms with van der Waals surface area (Å²) in [6.07, 6.45) is 1.62. The average molecular weight is 397 g/mol. The molecule has 0 spiro atoms. The first kappa shape index (κ1) is 20.0. The lowest BCUT2D eigenvalue weighted by molar-refractivity contribution is -0.136. The molecule has 1 atom stereocenters. The summed E-state index contributed by atoms with van der Waals surface area (Å²) in [6, 6.07) is 13.3. The van der Waals surface area contributed by atoms with Gasteiger partial charge in [0.25, 0.3) is 0 Å². The summed E-state index contributed by atoms with van der Waals surface area (Å²) in [5.74, 6) is -0.574. The van der Waals surface area contributed by atoms with Gasteiger partial charge in [-0.05, 0) is 43.2 Å². The zero-order valence-corrected chi connectivity index (χ0v) is 17.0. The standard InChI is InChI=1S/C22H23NO4S/c1-15-5-9-18(10-6-15)21-20(22(24)27-4)13-17(3)14-23(21)28(25,26)19-11-7-16(2)8-12-19/h5-13,21H,3,14H2,1-2,4H3.